The number of rotatable bonds is 8. The Hall–Kier alpha value is -1.60. The van der Waals surface area contributed by atoms with E-state index in [1.807, 2.05) is 27.0 Å². The molecule has 2 atom stereocenters. The highest BCUT2D eigenvalue weighted by atomic mass is 16.6. The molecule has 176 valence electrons. The Labute approximate surface area is 187 Å². The normalized spacial score (nSPS) is 28.2. The van der Waals surface area contributed by atoms with Gasteiger partial charge in [-0.25, -0.2) is 4.79 Å². The number of aromatic amines is 1. The average Bonchev–Trinajstić information content (AvgIpc) is 3.27. The monoisotopic (exact) mass is 434 g/mol. The maximum absolute atomic E-state index is 12.2. The van der Waals surface area contributed by atoms with E-state index >= 15 is 0 Å². The highest BCUT2D eigenvalue weighted by molar-refractivity contribution is 5.67. The largest absolute Gasteiger partial charge is 0.444 e. The first-order valence-electron chi connectivity index (χ1n) is 11.9. The maximum atomic E-state index is 12.2. The van der Waals surface area contributed by atoms with Crippen molar-refractivity contribution < 1.29 is 14.3 Å². The third kappa shape index (κ3) is 5.61. The molecule has 0 saturated carbocycles. The van der Waals surface area contributed by atoms with E-state index in [-0.39, 0.29) is 17.3 Å². The molecule has 0 spiro atoms. The minimum Gasteiger partial charge on any atom is -0.444 e. The standard InChI is InChI=1S/C24H42N4O3/c1-8-23-10-11-24(9-2,31-23)15-18(14-23)20-19(16-25-26-20)17-27(6)12-13-28(7)21(29)30-22(3,4)5/h16,18H,8-15,17H2,1-7H3,(H,25,26). The molecular weight excluding hydrogens is 392 g/mol. The Bertz CT molecular complexity index is 738. The lowest BCUT2D eigenvalue weighted by atomic mass is 9.79. The lowest BCUT2D eigenvalue weighted by Gasteiger charge is -2.43. The Morgan fingerprint density at radius 3 is 2.35 bits per heavy atom. The molecule has 2 bridgehead atoms. The minimum absolute atomic E-state index is 0.0311. The van der Waals surface area contributed by atoms with Crippen LogP contribution in [0.3, 0.4) is 0 Å². The van der Waals surface area contributed by atoms with Crippen LogP contribution in [0.1, 0.15) is 90.3 Å². The van der Waals surface area contributed by atoms with E-state index in [0.29, 0.717) is 12.5 Å². The average molecular weight is 435 g/mol. The Kier molecular flexibility index (Phi) is 7.06. The topological polar surface area (TPSA) is 70.7 Å². The van der Waals surface area contributed by atoms with Gasteiger partial charge in [0.1, 0.15) is 5.60 Å². The number of hydrogen-bond donors (Lipinski definition) is 1. The number of hydrogen-bond acceptors (Lipinski definition) is 5. The summed E-state index contributed by atoms with van der Waals surface area (Å²) in [6.45, 7) is 12.4. The van der Waals surface area contributed by atoms with Gasteiger partial charge in [0, 0.05) is 43.9 Å². The number of fused-ring (bicyclic) bond motifs is 2. The number of nitrogens with one attached hydrogen (secondary N) is 1. The molecule has 2 aliphatic heterocycles. The predicted molar refractivity (Wildman–Crippen MR) is 122 cm³/mol. The molecule has 0 radical (unpaired) electrons. The van der Waals surface area contributed by atoms with Crippen LogP contribution in [0.15, 0.2) is 6.20 Å². The zero-order valence-electron chi connectivity index (χ0n) is 20.6. The lowest BCUT2D eigenvalue weighted by molar-refractivity contribution is -0.149. The quantitative estimate of drug-likeness (QED) is 0.642. The highest BCUT2D eigenvalue weighted by Crippen LogP contribution is 2.55. The summed E-state index contributed by atoms with van der Waals surface area (Å²) in [6.07, 6.45) is 8.34. The van der Waals surface area contributed by atoms with Crippen molar-refractivity contribution in [2.45, 2.75) is 102 Å². The summed E-state index contributed by atoms with van der Waals surface area (Å²) in [5.41, 5.74) is 2.11. The molecule has 1 aromatic rings. The Morgan fingerprint density at radius 1 is 1.19 bits per heavy atom. The first-order chi connectivity index (χ1) is 14.5. The fourth-order valence-electron chi connectivity index (χ4n) is 5.19. The van der Waals surface area contributed by atoms with Crippen molar-refractivity contribution in [2.75, 3.05) is 27.2 Å². The summed E-state index contributed by atoms with van der Waals surface area (Å²) >= 11 is 0. The summed E-state index contributed by atoms with van der Waals surface area (Å²) in [5, 5.41) is 7.73. The summed E-state index contributed by atoms with van der Waals surface area (Å²) in [4.78, 5) is 16.1. The van der Waals surface area contributed by atoms with Crippen LogP contribution in [-0.2, 0) is 16.0 Å². The molecule has 31 heavy (non-hydrogen) atoms. The van der Waals surface area contributed by atoms with E-state index in [2.05, 4.69) is 36.0 Å². The van der Waals surface area contributed by atoms with Gasteiger partial charge in [-0.15, -0.1) is 0 Å². The van der Waals surface area contributed by atoms with Crippen LogP contribution in [0.25, 0.3) is 0 Å². The van der Waals surface area contributed by atoms with Crippen molar-refractivity contribution in [3.8, 4) is 0 Å². The van der Waals surface area contributed by atoms with E-state index in [9.17, 15) is 4.79 Å². The number of carbonyl (C=O) groups excluding carboxylic acids is 1. The number of nitrogens with zero attached hydrogens (tertiary/aromatic N) is 3. The van der Waals surface area contributed by atoms with Gasteiger partial charge in [0.25, 0.3) is 0 Å². The van der Waals surface area contributed by atoms with Gasteiger partial charge in [-0.05, 0) is 66.3 Å². The fourth-order valence-corrected chi connectivity index (χ4v) is 5.19. The summed E-state index contributed by atoms with van der Waals surface area (Å²) in [7, 11) is 3.88. The maximum Gasteiger partial charge on any atom is 0.410 e. The number of aromatic nitrogens is 2. The van der Waals surface area contributed by atoms with Gasteiger partial charge < -0.3 is 19.3 Å². The summed E-state index contributed by atoms with van der Waals surface area (Å²) < 4.78 is 12.1. The van der Waals surface area contributed by atoms with Crippen LogP contribution in [0.2, 0.25) is 0 Å². The van der Waals surface area contributed by atoms with Crippen molar-refractivity contribution in [1.29, 1.82) is 0 Å². The molecule has 7 nitrogen and oxygen atoms in total. The van der Waals surface area contributed by atoms with Gasteiger partial charge in [-0.2, -0.15) is 5.10 Å². The number of H-pyrrole nitrogens is 1. The van der Waals surface area contributed by atoms with Crippen molar-refractivity contribution in [2.24, 2.45) is 0 Å². The van der Waals surface area contributed by atoms with Crippen molar-refractivity contribution in [3.63, 3.8) is 0 Å². The second-order valence-electron chi connectivity index (χ2n) is 10.7. The third-order valence-electron chi connectivity index (χ3n) is 7.12. The van der Waals surface area contributed by atoms with Crippen LogP contribution in [0.4, 0.5) is 4.79 Å². The second kappa shape index (κ2) is 9.10. The molecule has 1 amide bonds. The molecule has 7 heteroatoms. The van der Waals surface area contributed by atoms with Crippen LogP contribution >= 0.6 is 0 Å². The fraction of sp³-hybridized carbons (Fsp3) is 0.833. The van der Waals surface area contributed by atoms with Gasteiger partial charge in [-0.3, -0.25) is 5.10 Å². The van der Waals surface area contributed by atoms with Crippen molar-refractivity contribution in [1.82, 2.24) is 20.0 Å². The Morgan fingerprint density at radius 2 is 1.81 bits per heavy atom. The van der Waals surface area contributed by atoms with Crippen LogP contribution in [0.5, 0.6) is 0 Å². The molecule has 2 fully saturated rings. The molecule has 3 heterocycles. The molecule has 2 saturated heterocycles. The number of ether oxygens (including phenoxy) is 2. The van der Waals surface area contributed by atoms with Crippen LogP contribution < -0.4 is 0 Å². The number of amides is 1. The minimum atomic E-state index is -0.474. The third-order valence-corrected chi connectivity index (χ3v) is 7.12. The molecule has 2 unspecified atom stereocenters. The van der Waals surface area contributed by atoms with E-state index in [4.69, 9.17) is 9.47 Å². The van der Waals surface area contributed by atoms with Gasteiger partial charge in [0.05, 0.1) is 17.4 Å². The molecular formula is C24H42N4O3. The molecule has 1 N–H and O–H groups in total. The zero-order chi connectivity index (χ0) is 22.9. The predicted octanol–water partition coefficient (Wildman–Crippen LogP) is 4.69. The smallest absolute Gasteiger partial charge is 0.410 e. The van der Waals surface area contributed by atoms with E-state index in [0.717, 1.165) is 38.8 Å². The first-order valence-corrected chi connectivity index (χ1v) is 11.9. The van der Waals surface area contributed by atoms with E-state index in [1.54, 1.807) is 11.9 Å². The summed E-state index contributed by atoms with van der Waals surface area (Å²) in [6, 6.07) is 0. The van der Waals surface area contributed by atoms with Gasteiger partial charge >= 0.3 is 6.09 Å². The molecule has 1 aromatic heterocycles. The van der Waals surface area contributed by atoms with Crippen LogP contribution in [0, 0.1) is 0 Å². The zero-order valence-corrected chi connectivity index (χ0v) is 20.6. The van der Waals surface area contributed by atoms with Crippen LogP contribution in [-0.4, -0.2) is 70.1 Å². The van der Waals surface area contributed by atoms with Gasteiger partial charge in [-0.1, -0.05) is 13.8 Å². The first kappa shape index (κ1) is 24.1. The van der Waals surface area contributed by atoms with Gasteiger partial charge in [0.2, 0.25) is 0 Å². The molecule has 3 rings (SSSR count). The SMILES string of the molecule is CCC12CCC(CC)(CC(c3[nH]ncc3CN(C)CCN(C)C(=O)OC(C)(C)C)C1)O2. The molecule has 0 aliphatic carbocycles. The van der Waals surface area contributed by atoms with Crippen molar-refractivity contribution >= 4 is 6.09 Å². The molecule has 0 aromatic carbocycles. The Balaban J connectivity index is 1.60. The number of likely N-dealkylation sites (N-methyl/N-ethyl adjacent to an activating group) is 2. The summed E-state index contributed by atoms with van der Waals surface area (Å²) in [5.74, 6) is 0.464. The van der Waals surface area contributed by atoms with Gasteiger partial charge in [0.15, 0.2) is 0 Å². The van der Waals surface area contributed by atoms with E-state index in [1.165, 1.54) is 24.1 Å². The highest BCUT2D eigenvalue weighted by Gasteiger charge is 2.54. The molecule has 2 aliphatic rings. The van der Waals surface area contributed by atoms with Crippen molar-refractivity contribution in [3.05, 3.63) is 17.5 Å². The number of carbonyl (C=O) groups is 1. The lowest BCUT2D eigenvalue weighted by Crippen LogP contribution is -2.43. The van der Waals surface area contributed by atoms with E-state index < -0.39 is 5.60 Å². The second-order valence-corrected chi connectivity index (χ2v) is 10.7.